The van der Waals surface area contributed by atoms with Gasteiger partial charge in [-0.25, -0.2) is 4.98 Å². The number of imidazole rings is 1. The highest BCUT2D eigenvalue weighted by molar-refractivity contribution is 5.09. The fraction of sp³-hybridized carbons (Fsp3) is 0.800. The molecule has 0 spiro atoms. The predicted molar refractivity (Wildman–Crippen MR) is 82.7 cm³/mol. The first kappa shape index (κ1) is 15.5. The highest BCUT2D eigenvalue weighted by atomic mass is 15.3. The van der Waals surface area contributed by atoms with Gasteiger partial charge < -0.3 is 10.3 Å². The Labute approximate surface area is 122 Å². The van der Waals surface area contributed by atoms with Gasteiger partial charge in [0.2, 0.25) is 0 Å². The summed E-state index contributed by atoms with van der Waals surface area (Å²) in [4.78, 5) is 9.27. The number of nitrogens with zero attached hydrogens (tertiary/aromatic N) is 4. The Bertz CT molecular complexity index is 437. The summed E-state index contributed by atoms with van der Waals surface area (Å²) in [5.74, 6) is 0. The van der Waals surface area contributed by atoms with Gasteiger partial charge in [-0.2, -0.15) is 0 Å². The molecular weight excluding hydrogens is 250 g/mol. The maximum Gasteiger partial charge on any atom is 0.0951 e. The molecule has 0 saturated carbocycles. The predicted octanol–water partition coefficient (Wildman–Crippen LogP) is 1.49. The normalized spacial score (nSPS) is 22.4. The molecule has 0 aliphatic carbocycles. The second-order valence-corrected chi connectivity index (χ2v) is 6.78. The second-order valence-electron chi connectivity index (χ2n) is 6.78. The number of piperazine rings is 1. The summed E-state index contributed by atoms with van der Waals surface area (Å²) < 4.78 is 2.24. The fourth-order valence-corrected chi connectivity index (χ4v) is 3.01. The van der Waals surface area contributed by atoms with Crippen molar-refractivity contribution in [1.82, 2.24) is 19.4 Å². The molecule has 5 heteroatoms. The average Bonchev–Trinajstić information content (AvgIpc) is 2.83. The van der Waals surface area contributed by atoms with Crippen LogP contribution in [0.25, 0.3) is 0 Å². The first-order valence-electron chi connectivity index (χ1n) is 7.54. The lowest BCUT2D eigenvalue weighted by atomic mass is 9.97. The summed E-state index contributed by atoms with van der Waals surface area (Å²) in [5, 5.41) is 0. The van der Waals surface area contributed by atoms with Crippen LogP contribution in [0.3, 0.4) is 0 Å². The van der Waals surface area contributed by atoms with Gasteiger partial charge in [0.1, 0.15) is 0 Å². The molecule has 1 unspecified atom stereocenters. The maximum atomic E-state index is 6.09. The Balaban J connectivity index is 2.22. The van der Waals surface area contributed by atoms with Gasteiger partial charge in [0, 0.05) is 44.0 Å². The second kappa shape index (κ2) is 5.84. The van der Waals surface area contributed by atoms with Gasteiger partial charge in [-0.3, -0.25) is 9.80 Å². The van der Waals surface area contributed by atoms with E-state index in [0.29, 0.717) is 12.6 Å². The van der Waals surface area contributed by atoms with Crippen molar-refractivity contribution in [3.8, 4) is 0 Å². The largest absolute Gasteiger partial charge is 0.331 e. The van der Waals surface area contributed by atoms with E-state index in [0.717, 1.165) is 19.6 Å². The summed E-state index contributed by atoms with van der Waals surface area (Å²) in [6, 6.07) is 0.676. The topological polar surface area (TPSA) is 50.3 Å². The minimum atomic E-state index is 0.189. The fourth-order valence-electron chi connectivity index (χ4n) is 3.01. The molecule has 0 bridgehead atoms. The van der Waals surface area contributed by atoms with Crippen LogP contribution in [0.5, 0.6) is 0 Å². The van der Waals surface area contributed by atoms with Crippen molar-refractivity contribution in [1.29, 1.82) is 0 Å². The zero-order valence-electron chi connectivity index (χ0n) is 13.5. The molecule has 1 fully saturated rings. The molecule has 0 aromatic carbocycles. The van der Waals surface area contributed by atoms with Gasteiger partial charge in [-0.15, -0.1) is 0 Å². The van der Waals surface area contributed by atoms with Gasteiger partial charge in [-0.05, 0) is 34.7 Å². The van der Waals surface area contributed by atoms with Crippen molar-refractivity contribution in [3.63, 3.8) is 0 Å². The highest BCUT2D eigenvalue weighted by Gasteiger charge is 2.35. The third-order valence-electron chi connectivity index (χ3n) is 4.60. The molecule has 0 radical (unpaired) electrons. The molecule has 20 heavy (non-hydrogen) atoms. The van der Waals surface area contributed by atoms with Crippen LogP contribution < -0.4 is 5.73 Å². The molecule has 2 N–H and O–H groups in total. The van der Waals surface area contributed by atoms with Crippen LogP contribution in [0, 0.1) is 0 Å². The monoisotopic (exact) mass is 279 g/mol. The van der Waals surface area contributed by atoms with Crippen molar-refractivity contribution >= 4 is 0 Å². The molecule has 2 rings (SSSR count). The molecule has 0 amide bonds. The van der Waals surface area contributed by atoms with E-state index in [2.05, 4.69) is 54.1 Å². The summed E-state index contributed by atoms with van der Waals surface area (Å²) in [6.45, 7) is 12.8. The highest BCUT2D eigenvalue weighted by Crippen LogP contribution is 2.28. The SMILES string of the molecule is CC(C)n1cncc1C(CN)N1CCN(C)C(C)(C)C1. The van der Waals surface area contributed by atoms with Crippen LogP contribution in [0.2, 0.25) is 0 Å². The van der Waals surface area contributed by atoms with Crippen LogP contribution in [-0.2, 0) is 0 Å². The Kier molecular flexibility index (Phi) is 4.52. The number of nitrogens with two attached hydrogens (primary N) is 1. The van der Waals surface area contributed by atoms with E-state index in [9.17, 15) is 0 Å². The van der Waals surface area contributed by atoms with E-state index in [4.69, 9.17) is 5.73 Å². The lowest BCUT2D eigenvalue weighted by Crippen LogP contribution is -2.59. The Morgan fingerprint density at radius 2 is 2.05 bits per heavy atom. The zero-order valence-corrected chi connectivity index (χ0v) is 13.5. The Morgan fingerprint density at radius 1 is 1.35 bits per heavy atom. The van der Waals surface area contributed by atoms with E-state index in [1.165, 1.54) is 5.69 Å². The van der Waals surface area contributed by atoms with E-state index in [-0.39, 0.29) is 11.6 Å². The standard InChI is InChI=1S/C15H29N5/c1-12(2)20-11-17-9-14(20)13(8-16)19-7-6-18(5)15(3,4)10-19/h9,11-13H,6-8,10,16H2,1-5H3. The molecule has 114 valence electrons. The minimum absolute atomic E-state index is 0.189. The van der Waals surface area contributed by atoms with Gasteiger partial charge in [-0.1, -0.05) is 0 Å². The van der Waals surface area contributed by atoms with Gasteiger partial charge in [0.15, 0.2) is 0 Å². The van der Waals surface area contributed by atoms with Crippen molar-refractivity contribution in [2.45, 2.75) is 45.3 Å². The quantitative estimate of drug-likeness (QED) is 0.907. The van der Waals surface area contributed by atoms with Crippen LogP contribution in [-0.4, -0.2) is 58.1 Å². The number of hydrogen-bond donors (Lipinski definition) is 1. The Morgan fingerprint density at radius 3 is 2.60 bits per heavy atom. The smallest absolute Gasteiger partial charge is 0.0951 e. The number of aromatic nitrogens is 2. The van der Waals surface area contributed by atoms with E-state index >= 15 is 0 Å². The molecule has 1 aromatic rings. The summed E-state index contributed by atoms with van der Waals surface area (Å²) in [6.07, 6.45) is 3.90. The number of likely N-dealkylation sites (N-methyl/N-ethyl adjacent to an activating group) is 1. The van der Waals surface area contributed by atoms with Crippen molar-refractivity contribution in [2.75, 3.05) is 33.2 Å². The van der Waals surface area contributed by atoms with E-state index in [1.54, 1.807) is 0 Å². The first-order valence-corrected chi connectivity index (χ1v) is 7.54. The molecule has 2 heterocycles. The first-order chi connectivity index (χ1) is 9.36. The molecular formula is C15H29N5. The molecule has 5 nitrogen and oxygen atoms in total. The van der Waals surface area contributed by atoms with Crippen LogP contribution in [0.1, 0.15) is 45.5 Å². The minimum Gasteiger partial charge on any atom is -0.331 e. The molecule has 1 aromatic heterocycles. The van der Waals surface area contributed by atoms with Crippen molar-refractivity contribution < 1.29 is 0 Å². The van der Waals surface area contributed by atoms with Gasteiger partial charge >= 0.3 is 0 Å². The van der Waals surface area contributed by atoms with Crippen LogP contribution >= 0.6 is 0 Å². The third kappa shape index (κ3) is 2.90. The van der Waals surface area contributed by atoms with Crippen molar-refractivity contribution in [2.24, 2.45) is 5.73 Å². The molecule has 1 saturated heterocycles. The van der Waals surface area contributed by atoms with Crippen molar-refractivity contribution in [3.05, 3.63) is 18.2 Å². The van der Waals surface area contributed by atoms with E-state index in [1.807, 2.05) is 12.5 Å². The van der Waals surface area contributed by atoms with Gasteiger partial charge in [0.05, 0.1) is 18.1 Å². The summed E-state index contributed by atoms with van der Waals surface area (Å²) in [5.41, 5.74) is 7.52. The maximum absolute atomic E-state index is 6.09. The lowest BCUT2D eigenvalue weighted by molar-refractivity contribution is 0.0162. The third-order valence-corrected chi connectivity index (χ3v) is 4.60. The van der Waals surface area contributed by atoms with Crippen LogP contribution in [0.15, 0.2) is 12.5 Å². The molecule has 1 aliphatic rings. The van der Waals surface area contributed by atoms with Gasteiger partial charge in [0.25, 0.3) is 0 Å². The zero-order chi connectivity index (χ0) is 14.9. The average molecular weight is 279 g/mol. The molecule has 1 atom stereocenters. The number of rotatable bonds is 4. The summed E-state index contributed by atoms with van der Waals surface area (Å²) in [7, 11) is 2.20. The lowest BCUT2D eigenvalue weighted by Gasteiger charge is -2.47. The number of hydrogen-bond acceptors (Lipinski definition) is 4. The van der Waals surface area contributed by atoms with E-state index < -0.39 is 0 Å². The summed E-state index contributed by atoms with van der Waals surface area (Å²) >= 11 is 0. The molecule has 1 aliphatic heterocycles. The Hall–Kier alpha value is -0.910. The van der Waals surface area contributed by atoms with Crippen LogP contribution in [0.4, 0.5) is 0 Å².